The number of aromatic carboxylic acids is 1. The molecule has 1 amide bonds. The lowest BCUT2D eigenvalue weighted by Crippen LogP contribution is -2.36. The number of carbonyl (C=O) groups is 2. The predicted octanol–water partition coefficient (Wildman–Crippen LogP) is 0.683. The van der Waals surface area contributed by atoms with Crippen molar-refractivity contribution in [2.75, 3.05) is 12.3 Å². The Morgan fingerprint density at radius 2 is 1.92 bits per heavy atom. The number of carbonyl (C=O) groups excluding carboxylic acids is 1. The molecule has 9 nitrogen and oxygen atoms in total. The topological polar surface area (TPSA) is 155 Å². The van der Waals surface area contributed by atoms with Crippen LogP contribution in [0.3, 0.4) is 0 Å². The second-order valence-electron chi connectivity index (χ2n) is 5.46. The van der Waals surface area contributed by atoms with Gasteiger partial charge < -0.3 is 31.1 Å². The average molecular weight is 361 g/mol. The number of aliphatic hydroxyl groups excluding tert-OH is 2. The van der Waals surface area contributed by atoms with Crippen LogP contribution in [-0.2, 0) is 11.3 Å². The Labute approximate surface area is 149 Å². The number of benzene rings is 1. The molecule has 0 aliphatic rings. The third-order valence-corrected chi connectivity index (χ3v) is 3.55. The number of aliphatic hydroxyl groups is 2. The molecule has 1 aromatic heterocycles. The van der Waals surface area contributed by atoms with E-state index < -0.39 is 24.3 Å². The number of hydrogen-bond acceptors (Lipinski definition) is 7. The van der Waals surface area contributed by atoms with Crippen LogP contribution in [0.15, 0.2) is 42.6 Å². The molecule has 0 fully saturated rings. The van der Waals surface area contributed by atoms with Gasteiger partial charge in [0.05, 0.1) is 5.56 Å². The fourth-order valence-electron chi connectivity index (χ4n) is 2.13. The summed E-state index contributed by atoms with van der Waals surface area (Å²) in [5, 5.41) is 31.4. The molecule has 6 N–H and O–H groups in total. The van der Waals surface area contributed by atoms with Crippen molar-refractivity contribution >= 4 is 17.9 Å². The molecular weight excluding hydrogens is 342 g/mol. The second-order valence-corrected chi connectivity index (χ2v) is 5.46. The molecule has 0 spiro atoms. The standard InChI is InChI=1S/C17H19N3O6/c18-15-12(6-11(7-19-15)16(23)24)14(22)13(21)8-20-17(25)26-9-10-4-2-1-3-5-10/h1-7,13-14,21-22H,8-9H2,(H2,18,19)(H,20,25)(H,23,24). The lowest BCUT2D eigenvalue weighted by molar-refractivity contribution is 0.0186. The van der Waals surface area contributed by atoms with Gasteiger partial charge in [0, 0.05) is 18.3 Å². The SMILES string of the molecule is Nc1ncc(C(=O)O)cc1C(O)C(O)CNC(=O)OCc1ccccc1. The highest BCUT2D eigenvalue weighted by atomic mass is 16.5. The van der Waals surface area contributed by atoms with Gasteiger partial charge in [-0.2, -0.15) is 0 Å². The van der Waals surface area contributed by atoms with Crippen LogP contribution < -0.4 is 11.1 Å². The molecular formula is C17H19N3O6. The molecule has 0 saturated carbocycles. The van der Waals surface area contributed by atoms with Gasteiger partial charge in [0.15, 0.2) is 0 Å². The summed E-state index contributed by atoms with van der Waals surface area (Å²) in [4.78, 5) is 26.3. The Balaban J connectivity index is 1.88. The minimum Gasteiger partial charge on any atom is -0.478 e. The molecule has 26 heavy (non-hydrogen) atoms. The summed E-state index contributed by atoms with van der Waals surface area (Å²) in [6.07, 6.45) is -2.70. The van der Waals surface area contributed by atoms with Crippen molar-refractivity contribution in [3.8, 4) is 0 Å². The minimum atomic E-state index is -1.53. The predicted molar refractivity (Wildman–Crippen MR) is 91.2 cm³/mol. The summed E-state index contributed by atoms with van der Waals surface area (Å²) in [6.45, 7) is -0.269. The first kappa shape index (κ1) is 19.2. The van der Waals surface area contributed by atoms with Gasteiger partial charge in [-0.05, 0) is 11.6 Å². The Morgan fingerprint density at radius 1 is 1.23 bits per heavy atom. The van der Waals surface area contributed by atoms with Crippen molar-refractivity contribution in [2.45, 2.75) is 18.8 Å². The van der Waals surface area contributed by atoms with Crippen molar-refractivity contribution in [1.29, 1.82) is 0 Å². The lowest BCUT2D eigenvalue weighted by Gasteiger charge is -2.19. The number of hydrogen-bond donors (Lipinski definition) is 5. The number of nitrogen functional groups attached to an aromatic ring is 1. The summed E-state index contributed by atoms with van der Waals surface area (Å²) in [5.41, 5.74) is 6.18. The van der Waals surface area contributed by atoms with E-state index in [-0.39, 0.29) is 30.1 Å². The van der Waals surface area contributed by atoms with E-state index in [9.17, 15) is 19.8 Å². The Kier molecular flexibility index (Phi) is 6.48. The van der Waals surface area contributed by atoms with Crippen molar-refractivity contribution in [3.63, 3.8) is 0 Å². The molecule has 1 heterocycles. The van der Waals surface area contributed by atoms with Gasteiger partial charge in [-0.25, -0.2) is 14.6 Å². The highest BCUT2D eigenvalue weighted by molar-refractivity contribution is 5.87. The number of aromatic nitrogens is 1. The third kappa shape index (κ3) is 5.16. The number of ether oxygens (including phenoxy) is 1. The van der Waals surface area contributed by atoms with Crippen LogP contribution in [0.25, 0.3) is 0 Å². The summed E-state index contributed by atoms with van der Waals surface area (Å²) in [7, 11) is 0. The zero-order chi connectivity index (χ0) is 19.1. The number of carboxylic acid groups (broad SMARTS) is 1. The number of carboxylic acids is 1. The van der Waals surface area contributed by atoms with E-state index in [2.05, 4.69) is 10.3 Å². The van der Waals surface area contributed by atoms with Gasteiger partial charge in [-0.15, -0.1) is 0 Å². The number of anilines is 1. The first-order chi connectivity index (χ1) is 12.4. The normalized spacial score (nSPS) is 12.8. The Bertz CT molecular complexity index is 768. The van der Waals surface area contributed by atoms with Crippen molar-refractivity contribution in [3.05, 3.63) is 59.3 Å². The molecule has 9 heteroatoms. The first-order valence-electron chi connectivity index (χ1n) is 7.68. The van der Waals surface area contributed by atoms with Gasteiger partial charge in [-0.1, -0.05) is 30.3 Å². The molecule has 0 radical (unpaired) electrons. The Hall–Kier alpha value is -3.17. The Morgan fingerprint density at radius 3 is 2.58 bits per heavy atom. The van der Waals surface area contributed by atoms with E-state index in [4.69, 9.17) is 15.6 Å². The lowest BCUT2D eigenvalue weighted by atomic mass is 10.0. The number of nitrogens with two attached hydrogens (primary N) is 1. The molecule has 0 bridgehead atoms. The number of amides is 1. The van der Waals surface area contributed by atoms with Gasteiger partial charge in [0.1, 0.15) is 24.6 Å². The molecule has 0 aliphatic heterocycles. The molecule has 138 valence electrons. The monoisotopic (exact) mass is 361 g/mol. The first-order valence-corrected chi connectivity index (χ1v) is 7.68. The van der Waals surface area contributed by atoms with E-state index >= 15 is 0 Å². The number of rotatable bonds is 7. The molecule has 0 aliphatic carbocycles. The number of alkyl carbamates (subject to hydrolysis) is 1. The summed E-state index contributed by atoms with van der Waals surface area (Å²) < 4.78 is 4.98. The van der Waals surface area contributed by atoms with Crippen molar-refractivity contribution in [1.82, 2.24) is 10.3 Å². The minimum absolute atomic E-state index is 0.0446. The molecule has 0 saturated heterocycles. The summed E-state index contributed by atoms with van der Waals surface area (Å²) >= 11 is 0. The average Bonchev–Trinajstić information content (AvgIpc) is 2.64. The summed E-state index contributed by atoms with van der Waals surface area (Å²) in [6, 6.07) is 10.1. The van der Waals surface area contributed by atoms with Crippen LogP contribution in [0.4, 0.5) is 10.6 Å². The molecule has 2 atom stereocenters. The zero-order valence-electron chi connectivity index (χ0n) is 13.7. The zero-order valence-corrected chi connectivity index (χ0v) is 13.7. The molecule has 1 aromatic carbocycles. The highest BCUT2D eigenvalue weighted by Gasteiger charge is 2.23. The smallest absolute Gasteiger partial charge is 0.407 e. The van der Waals surface area contributed by atoms with Gasteiger partial charge >= 0.3 is 12.1 Å². The van der Waals surface area contributed by atoms with Gasteiger partial charge in [-0.3, -0.25) is 0 Å². The van der Waals surface area contributed by atoms with Crippen LogP contribution in [0, 0.1) is 0 Å². The maximum Gasteiger partial charge on any atom is 0.407 e. The van der Waals surface area contributed by atoms with Crippen LogP contribution in [-0.4, -0.2) is 45.0 Å². The maximum absolute atomic E-state index is 11.6. The van der Waals surface area contributed by atoms with Crippen LogP contribution in [0.1, 0.15) is 27.6 Å². The number of nitrogens with zero attached hydrogens (tertiary/aromatic N) is 1. The number of nitrogens with one attached hydrogen (secondary N) is 1. The third-order valence-electron chi connectivity index (χ3n) is 3.55. The molecule has 2 aromatic rings. The van der Waals surface area contributed by atoms with E-state index in [1.165, 1.54) is 0 Å². The van der Waals surface area contributed by atoms with Crippen LogP contribution in [0.2, 0.25) is 0 Å². The van der Waals surface area contributed by atoms with E-state index in [0.29, 0.717) is 0 Å². The van der Waals surface area contributed by atoms with E-state index in [1.54, 1.807) is 24.3 Å². The van der Waals surface area contributed by atoms with Gasteiger partial charge in [0.25, 0.3) is 0 Å². The quantitative estimate of drug-likeness (QED) is 0.482. The largest absolute Gasteiger partial charge is 0.478 e. The van der Waals surface area contributed by atoms with Crippen molar-refractivity contribution < 1.29 is 29.6 Å². The van der Waals surface area contributed by atoms with E-state index in [0.717, 1.165) is 17.8 Å². The van der Waals surface area contributed by atoms with Gasteiger partial charge in [0.2, 0.25) is 0 Å². The maximum atomic E-state index is 11.6. The number of pyridine rings is 1. The molecule has 2 rings (SSSR count). The van der Waals surface area contributed by atoms with Crippen molar-refractivity contribution in [2.24, 2.45) is 0 Å². The molecule has 2 unspecified atom stereocenters. The van der Waals surface area contributed by atoms with E-state index in [1.807, 2.05) is 6.07 Å². The van der Waals surface area contributed by atoms with Crippen LogP contribution in [0.5, 0.6) is 0 Å². The fourth-order valence-corrected chi connectivity index (χ4v) is 2.13. The second kappa shape index (κ2) is 8.79. The highest BCUT2D eigenvalue weighted by Crippen LogP contribution is 2.22. The van der Waals surface area contributed by atoms with Crippen LogP contribution >= 0.6 is 0 Å². The summed E-state index contributed by atoms with van der Waals surface area (Å²) in [5.74, 6) is -1.36. The fraction of sp³-hybridized carbons (Fsp3) is 0.235.